The van der Waals surface area contributed by atoms with Gasteiger partial charge in [0.2, 0.25) is 6.79 Å². The van der Waals surface area contributed by atoms with Crippen molar-refractivity contribution in [1.29, 1.82) is 0 Å². The molecule has 0 N–H and O–H groups in total. The molecule has 0 aliphatic carbocycles. The Morgan fingerprint density at radius 2 is 1.58 bits per heavy atom. The van der Waals surface area contributed by atoms with Crippen molar-refractivity contribution in [2.75, 3.05) is 33.0 Å². The van der Waals surface area contributed by atoms with Gasteiger partial charge in [-0.3, -0.25) is 9.80 Å². The summed E-state index contributed by atoms with van der Waals surface area (Å²) < 4.78 is 26.6. The van der Waals surface area contributed by atoms with Crippen molar-refractivity contribution in [1.82, 2.24) is 30.0 Å². The summed E-state index contributed by atoms with van der Waals surface area (Å²) in [5.74, 6) is 2.12. The van der Waals surface area contributed by atoms with Crippen molar-refractivity contribution in [3.63, 3.8) is 0 Å². The minimum Gasteiger partial charge on any atom is -0.454 e. The monoisotopic (exact) mass is 486 g/mol. The van der Waals surface area contributed by atoms with E-state index < -0.39 is 0 Å². The molecule has 1 saturated heterocycles. The van der Waals surface area contributed by atoms with Crippen molar-refractivity contribution in [2.24, 2.45) is 0 Å². The quantitative estimate of drug-likeness (QED) is 0.396. The zero-order valence-corrected chi connectivity index (χ0v) is 19.8. The smallest absolute Gasteiger partial charge is 0.231 e. The maximum Gasteiger partial charge on any atom is 0.231 e. The lowest BCUT2D eigenvalue weighted by Gasteiger charge is -2.39. The largest absolute Gasteiger partial charge is 0.454 e. The summed E-state index contributed by atoms with van der Waals surface area (Å²) in [6.07, 6.45) is 0. The molecule has 6 rings (SSSR count). The van der Waals surface area contributed by atoms with Crippen LogP contribution in [-0.4, -0.2) is 63.0 Å². The average molecular weight is 487 g/mol. The van der Waals surface area contributed by atoms with Crippen LogP contribution in [0.5, 0.6) is 11.5 Å². The zero-order chi connectivity index (χ0) is 24.3. The molecule has 9 heteroatoms. The van der Waals surface area contributed by atoms with E-state index in [-0.39, 0.29) is 18.7 Å². The Hall–Kier alpha value is -3.82. The normalized spacial score (nSPS) is 16.8. The molecule has 36 heavy (non-hydrogen) atoms. The maximum absolute atomic E-state index is 13.8. The number of benzene rings is 3. The molecule has 0 bridgehead atoms. The molecule has 3 aromatic carbocycles. The SMILES string of the molecule is Fc1ccc(C(c2nnnn2Cc2ccccc2)N2CCN(Cc3ccc4c(c3)OCO4)CC2)cc1. The van der Waals surface area contributed by atoms with Gasteiger partial charge in [-0.15, -0.1) is 5.10 Å². The molecule has 184 valence electrons. The summed E-state index contributed by atoms with van der Waals surface area (Å²) in [4.78, 5) is 4.82. The minimum absolute atomic E-state index is 0.169. The van der Waals surface area contributed by atoms with Crippen LogP contribution >= 0.6 is 0 Å². The summed E-state index contributed by atoms with van der Waals surface area (Å²) in [7, 11) is 0. The Balaban J connectivity index is 1.21. The average Bonchev–Trinajstić information content (AvgIpc) is 3.56. The molecule has 2 aliphatic heterocycles. The van der Waals surface area contributed by atoms with Crippen LogP contribution in [0.25, 0.3) is 0 Å². The topological polar surface area (TPSA) is 68.5 Å². The molecule has 1 atom stereocenters. The maximum atomic E-state index is 13.8. The molecule has 1 fully saturated rings. The lowest BCUT2D eigenvalue weighted by atomic mass is 10.0. The Morgan fingerprint density at radius 1 is 0.806 bits per heavy atom. The summed E-state index contributed by atoms with van der Waals surface area (Å²) in [6, 6.07) is 22.8. The number of hydrogen-bond acceptors (Lipinski definition) is 7. The third kappa shape index (κ3) is 4.80. The third-order valence-electron chi connectivity index (χ3n) is 6.78. The van der Waals surface area contributed by atoms with E-state index in [1.165, 1.54) is 17.7 Å². The number of aromatic nitrogens is 4. The fourth-order valence-electron chi connectivity index (χ4n) is 4.92. The second-order valence-electron chi connectivity index (χ2n) is 9.13. The number of fused-ring (bicyclic) bond motifs is 1. The van der Waals surface area contributed by atoms with Gasteiger partial charge in [-0.25, -0.2) is 9.07 Å². The summed E-state index contributed by atoms with van der Waals surface area (Å²) in [5, 5.41) is 12.7. The Kier molecular flexibility index (Phi) is 6.31. The predicted molar refractivity (Wildman–Crippen MR) is 131 cm³/mol. The van der Waals surface area contributed by atoms with Gasteiger partial charge in [0.15, 0.2) is 17.3 Å². The van der Waals surface area contributed by atoms with E-state index in [0.29, 0.717) is 6.54 Å². The third-order valence-corrected chi connectivity index (χ3v) is 6.78. The Labute approximate surface area is 208 Å². The predicted octanol–water partition coefficient (Wildman–Crippen LogP) is 3.50. The molecule has 3 heterocycles. The van der Waals surface area contributed by atoms with E-state index in [2.05, 4.69) is 49.6 Å². The molecule has 2 aliphatic rings. The van der Waals surface area contributed by atoms with Gasteiger partial charge in [0.25, 0.3) is 0 Å². The molecule has 4 aromatic rings. The number of nitrogens with zero attached hydrogens (tertiary/aromatic N) is 6. The van der Waals surface area contributed by atoms with Gasteiger partial charge in [-0.05, 0) is 51.4 Å². The van der Waals surface area contributed by atoms with Gasteiger partial charge in [0, 0.05) is 32.7 Å². The first-order valence-corrected chi connectivity index (χ1v) is 12.1. The van der Waals surface area contributed by atoms with Crippen molar-refractivity contribution in [3.05, 3.63) is 101 Å². The molecular weight excluding hydrogens is 459 g/mol. The van der Waals surface area contributed by atoms with Crippen molar-refractivity contribution >= 4 is 0 Å². The van der Waals surface area contributed by atoms with Gasteiger partial charge in [-0.2, -0.15) is 0 Å². The molecule has 0 spiro atoms. The molecule has 0 amide bonds. The van der Waals surface area contributed by atoms with Crippen LogP contribution in [0.3, 0.4) is 0 Å². The Morgan fingerprint density at radius 3 is 2.39 bits per heavy atom. The number of ether oxygens (including phenoxy) is 2. The standard InChI is InChI=1S/C27H27FN6O2/c28-23-9-7-22(8-10-23)26(27-29-30-31-34(27)18-20-4-2-1-3-5-20)33-14-12-32(13-15-33)17-21-6-11-24-25(16-21)36-19-35-24/h1-11,16,26H,12-15,17-19H2. The van der Waals surface area contributed by atoms with Gasteiger partial charge >= 0.3 is 0 Å². The zero-order valence-electron chi connectivity index (χ0n) is 19.8. The molecule has 1 unspecified atom stereocenters. The highest BCUT2D eigenvalue weighted by Crippen LogP contribution is 2.33. The van der Waals surface area contributed by atoms with E-state index >= 15 is 0 Å². The number of tetrazole rings is 1. The second-order valence-corrected chi connectivity index (χ2v) is 9.13. The first kappa shape index (κ1) is 22.6. The number of halogens is 1. The van der Waals surface area contributed by atoms with E-state index in [4.69, 9.17) is 9.47 Å². The van der Waals surface area contributed by atoms with Crippen LogP contribution in [0.4, 0.5) is 4.39 Å². The van der Waals surface area contributed by atoms with Crippen LogP contribution in [0.2, 0.25) is 0 Å². The molecule has 8 nitrogen and oxygen atoms in total. The first-order chi connectivity index (χ1) is 17.7. The lowest BCUT2D eigenvalue weighted by Crippen LogP contribution is -2.48. The Bertz CT molecular complexity index is 1310. The van der Waals surface area contributed by atoms with Gasteiger partial charge < -0.3 is 9.47 Å². The van der Waals surface area contributed by atoms with Crippen LogP contribution in [-0.2, 0) is 13.1 Å². The van der Waals surface area contributed by atoms with E-state index in [1.807, 2.05) is 41.1 Å². The fraction of sp³-hybridized carbons (Fsp3) is 0.296. The molecule has 1 aromatic heterocycles. The van der Waals surface area contributed by atoms with Crippen molar-refractivity contribution < 1.29 is 13.9 Å². The number of piperazine rings is 1. The first-order valence-electron chi connectivity index (χ1n) is 12.1. The fourth-order valence-corrected chi connectivity index (χ4v) is 4.92. The molecule has 0 saturated carbocycles. The lowest BCUT2D eigenvalue weighted by molar-refractivity contribution is 0.100. The van der Waals surface area contributed by atoms with E-state index in [1.54, 1.807) is 0 Å². The van der Waals surface area contributed by atoms with Crippen molar-refractivity contribution in [3.8, 4) is 11.5 Å². The van der Waals surface area contributed by atoms with Crippen molar-refractivity contribution in [2.45, 2.75) is 19.1 Å². The highest BCUT2D eigenvalue weighted by molar-refractivity contribution is 5.44. The van der Waals surface area contributed by atoms with Crippen LogP contribution < -0.4 is 9.47 Å². The minimum atomic E-state index is -0.255. The van der Waals surface area contributed by atoms with Crippen LogP contribution in [0.1, 0.15) is 28.6 Å². The van der Waals surface area contributed by atoms with Gasteiger partial charge in [-0.1, -0.05) is 48.5 Å². The van der Waals surface area contributed by atoms with Crippen LogP contribution in [0.15, 0.2) is 72.8 Å². The highest BCUT2D eigenvalue weighted by Gasteiger charge is 2.31. The van der Waals surface area contributed by atoms with E-state index in [0.717, 1.165) is 61.2 Å². The van der Waals surface area contributed by atoms with Gasteiger partial charge in [0.1, 0.15) is 5.82 Å². The summed E-state index contributed by atoms with van der Waals surface area (Å²) >= 11 is 0. The molecule has 0 radical (unpaired) electrons. The summed E-state index contributed by atoms with van der Waals surface area (Å²) in [5.41, 5.74) is 3.30. The number of hydrogen-bond donors (Lipinski definition) is 0. The van der Waals surface area contributed by atoms with Gasteiger partial charge in [0.05, 0.1) is 12.6 Å². The summed E-state index contributed by atoms with van der Waals surface area (Å²) in [6.45, 7) is 5.17. The second kappa shape index (κ2) is 10.0. The highest BCUT2D eigenvalue weighted by atomic mass is 19.1. The van der Waals surface area contributed by atoms with Crippen LogP contribution in [0, 0.1) is 5.82 Å². The van der Waals surface area contributed by atoms with E-state index in [9.17, 15) is 4.39 Å². The number of rotatable bonds is 7. The molecular formula is C27H27FN6O2.